The summed E-state index contributed by atoms with van der Waals surface area (Å²) >= 11 is 5.57. The molecule has 6 nitrogen and oxygen atoms in total. The van der Waals surface area contributed by atoms with Crippen molar-refractivity contribution in [2.45, 2.75) is 25.8 Å². The van der Waals surface area contributed by atoms with Gasteiger partial charge in [-0.3, -0.25) is 14.5 Å². The van der Waals surface area contributed by atoms with Crippen LogP contribution in [-0.2, 0) is 16.0 Å². The van der Waals surface area contributed by atoms with Crippen LogP contribution in [0.4, 0.5) is 25.8 Å². The lowest BCUT2D eigenvalue weighted by molar-refractivity contribution is -0.118. The summed E-state index contributed by atoms with van der Waals surface area (Å²) in [5, 5.41) is 5.23. The Hall–Kier alpha value is -2.71. The lowest BCUT2D eigenvalue weighted by Gasteiger charge is -2.40. The number of benzene rings is 2. The van der Waals surface area contributed by atoms with Gasteiger partial charge in [0.25, 0.3) is 0 Å². The van der Waals surface area contributed by atoms with Gasteiger partial charge in [0, 0.05) is 49.2 Å². The summed E-state index contributed by atoms with van der Waals surface area (Å²) in [7, 11) is 0. The molecular formula is C22H23ClF2N4O2. The zero-order chi connectivity index (χ0) is 22.1. The van der Waals surface area contributed by atoms with Crippen molar-refractivity contribution in [2.24, 2.45) is 0 Å². The fourth-order valence-electron chi connectivity index (χ4n) is 4.04. The Labute approximate surface area is 184 Å². The van der Waals surface area contributed by atoms with E-state index in [1.54, 1.807) is 12.1 Å². The molecule has 0 unspecified atom stereocenters. The summed E-state index contributed by atoms with van der Waals surface area (Å²) < 4.78 is 27.6. The Balaban J connectivity index is 1.34. The number of hydrogen-bond acceptors (Lipinski definition) is 4. The molecule has 0 spiro atoms. The second-order valence-corrected chi connectivity index (χ2v) is 8.34. The molecule has 0 saturated carbocycles. The zero-order valence-electron chi connectivity index (χ0n) is 17.1. The predicted molar refractivity (Wildman–Crippen MR) is 117 cm³/mol. The van der Waals surface area contributed by atoms with Crippen molar-refractivity contribution in [2.75, 3.05) is 41.7 Å². The molecule has 0 radical (unpaired) electrons. The molecule has 0 aromatic heterocycles. The third-order valence-electron chi connectivity index (χ3n) is 5.73. The number of aryl methyl sites for hydroxylation is 1. The predicted octanol–water partition coefficient (Wildman–Crippen LogP) is 3.65. The van der Waals surface area contributed by atoms with Gasteiger partial charge in [0.2, 0.25) is 11.8 Å². The van der Waals surface area contributed by atoms with Crippen LogP contribution in [-0.4, -0.2) is 48.9 Å². The average Bonchev–Trinajstić information content (AvgIpc) is 2.73. The first-order valence-electron chi connectivity index (χ1n) is 10.2. The Morgan fingerprint density at radius 2 is 1.94 bits per heavy atom. The summed E-state index contributed by atoms with van der Waals surface area (Å²) in [6, 6.07) is 7.94. The number of nitrogens with zero attached hydrogens (tertiary/aromatic N) is 2. The van der Waals surface area contributed by atoms with Gasteiger partial charge < -0.3 is 15.5 Å². The molecule has 31 heavy (non-hydrogen) atoms. The van der Waals surface area contributed by atoms with Crippen molar-refractivity contribution < 1.29 is 18.4 Å². The number of nitrogens with one attached hydrogen (secondary N) is 2. The van der Waals surface area contributed by atoms with E-state index in [9.17, 15) is 18.4 Å². The summed E-state index contributed by atoms with van der Waals surface area (Å²) in [5.74, 6) is -1.70. The number of amides is 2. The van der Waals surface area contributed by atoms with E-state index in [2.05, 4.69) is 10.6 Å². The van der Waals surface area contributed by atoms with E-state index >= 15 is 0 Å². The average molecular weight is 449 g/mol. The lowest BCUT2D eigenvalue weighted by atomic mass is 10.0. The molecular weight excluding hydrogens is 426 g/mol. The number of halogens is 3. The number of fused-ring (bicyclic) bond motifs is 1. The molecule has 1 fully saturated rings. The fraction of sp³-hybridized carbons (Fsp3) is 0.364. The van der Waals surface area contributed by atoms with Gasteiger partial charge in [-0.2, -0.15) is 0 Å². The monoisotopic (exact) mass is 448 g/mol. The Morgan fingerprint density at radius 1 is 1.19 bits per heavy atom. The number of hydrogen-bond donors (Lipinski definition) is 2. The van der Waals surface area contributed by atoms with Crippen LogP contribution >= 0.6 is 11.6 Å². The second-order valence-electron chi connectivity index (χ2n) is 7.96. The molecule has 4 rings (SSSR count). The molecule has 2 heterocycles. The largest absolute Gasteiger partial charge is 0.369 e. The Morgan fingerprint density at radius 3 is 2.65 bits per heavy atom. The molecule has 2 N–H and O–H groups in total. The molecule has 0 aliphatic carbocycles. The van der Waals surface area contributed by atoms with E-state index in [1.165, 1.54) is 12.1 Å². The smallest absolute Gasteiger partial charge is 0.238 e. The maximum Gasteiger partial charge on any atom is 0.238 e. The van der Waals surface area contributed by atoms with E-state index in [-0.39, 0.29) is 24.4 Å². The topological polar surface area (TPSA) is 64.7 Å². The van der Waals surface area contributed by atoms with Crippen molar-refractivity contribution in [3.8, 4) is 0 Å². The minimum Gasteiger partial charge on any atom is -0.369 e. The molecule has 164 valence electrons. The van der Waals surface area contributed by atoms with Crippen LogP contribution in [0.5, 0.6) is 0 Å². The fourth-order valence-corrected chi connectivity index (χ4v) is 4.14. The van der Waals surface area contributed by atoms with Crippen molar-refractivity contribution in [3.05, 3.63) is 52.6 Å². The molecule has 9 heteroatoms. The standard InChI is InChI=1S/C22H23ClF2N4O2/c1-13-11-29(16-9-17(24)22(23)18(25)10-16)7-6-28(13)12-21(31)26-15-3-4-19-14(8-15)2-5-20(30)27-19/h3-4,8-10,13H,2,5-7,11-12H2,1H3,(H,26,31)(H,27,30)/t13-/m1/s1. The minimum atomic E-state index is -0.782. The number of rotatable bonds is 4. The summed E-state index contributed by atoms with van der Waals surface area (Å²) in [5.41, 5.74) is 2.92. The highest BCUT2D eigenvalue weighted by molar-refractivity contribution is 6.31. The van der Waals surface area contributed by atoms with Crippen LogP contribution in [0.15, 0.2) is 30.3 Å². The highest BCUT2D eigenvalue weighted by Crippen LogP contribution is 2.28. The third-order valence-corrected chi connectivity index (χ3v) is 6.09. The number of carbonyl (C=O) groups excluding carboxylic acids is 2. The summed E-state index contributed by atoms with van der Waals surface area (Å²) in [6.45, 7) is 3.84. The van der Waals surface area contributed by atoms with Crippen molar-refractivity contribution in [3.63, 3.8) is 0 Å². The Kier molecular flexibility index (Phi) is 6.11. The van der Waals surface area contributed by atoms with E-state index < -0.39 is 16.7 Å². The van der Waals surface area contributed by atoms with Gasteiger partial charge in [0.05, 0.1) is 6.54 Å². The van der Waals surface area contributed by atoms with Crippen LogP contribution < -0.4 is 15.5 Å². The van der Waals surface area contributed by atoms with Crippen LogP contribution in [0.25, 0.3) is 0 Å². The SMILES string of the molecule is C[C@@H]1CN(c2cc(F)c(Cl)c(F)c2)CCN1CC(=O)Nc1ccc2c(c1)CCC(=O)N2. The van der Waals surface area contributed by atoms with E-state index in [0.29, 0.717) is 43.9 Å². The minimum absolute atomic E-state index is 0.00138. The summed E-state index contributed by atoms with van der Waals surface area (Å²) in [6.07, 6.45) is 1.09. The maximum absolute atomic E-state index is 13.8. The molecule has 2 aliphatic rings. The number of carbonyl (C=O) groups is 2. The van der Waals surface area contributed by atoms with Gasteiger partial charge >= 0.3 is 0 Å². The van der Waals surface area contributed by atoms with Crippen LogP contribution in [0.2, 0.25) is 5.02 Å². The Bertz CT molecular complexity index is 1010. The van der Waals surface area contributed by atoms with Gasteiger partial charge in [-0.25, -0.2) is 8.78 Å². The van der Waals surface area contributed by atoms with Crippen LogP contribution in [0.1, 0.15) is 18.9 Å². The second kappa shape index (κ2) is 8.80. The molecule has 2 aromatic carbocycles. The first-order chi connectivity index (χ1) is 14.8. The first kappa shape index (κ1) is 21.5. The molecule has 2 aliphatic heterocycles. The highest BCUT2D eigenvalue weighted by Gasteiger charge is 2.26. The first-order valence-corrected chi connectivity index (χ1v) is 10.5. The van der Waals surface area contributed by atoms with Gasteiger partial charge in [-0.05, 0) is 49.2 Å². The zero-order valence-corrected chi connectivity index (χ0v) is 17.8. The van der Waals surface area contributed by atoms with Crippen LogP contribution in [0, 0.1) is 11.6 Å². The summed E-state index contributed by atoms with van der Waals surface area (Å²) in [4.78, 5) is 28.0. The van der Waals surface area contributed by atoms with Gasteiger partial charge in [-0.15, -0.1) is 0 Å². The van der Waals surface area contributed by atoms with Gasteiger partial charge in [0.1, 0.15) is 16.7 Å². The molecule has 0 bridgehead atoms. The van der Waals surface area contributed by atoms with Crippen LogP contribution in [0.3, 0.4) is 0 Å². The van der Waals surface area contributed by atoms with Crippen molar-refractivity contribution in [1.29, 1.82) is 0 Å². The maximum atomic E-state index is 13.8. The van der Waals surface area contributed by atoms with E-state index in [4.69, 9.17) is 11.6 Å². The van der Waals surface area contributed by atoms with E-state index in [1.807, 2.05) is 22.8 Å². The number of anilines is 3. The molecule has 2 amide bonds. The lowest BCUT2D eigenvalue weighted by Crippen LogP contribution is -2.53. The van der Waals surface area contributed by atoms with Crippen molar-refractivity contribution >= 4 is 40.5 Å². The molecule has 1 atom stereocenters. The van der Waals surface area contributed by atoms with Gasteiger partial charge in [0.15, 0.2) is 0 Å². The van der Waals surface area contributed by atoms with E-state index in [0.717, 1.165) is 11.3 Å². The number of piperazine rings is 1. The quantitative estimate of drug-likeness (QED) is 0.701. The molecule has 1 saturated heterocycles. The third kappa shape index (κ3) is 4.80. The normalized spacial score (nSPS) is 19.0. The molecule has 2 aromatic rings. The van der Waals surface area contributed by atoms with Crippen molar-refractivity contribution in [1.82, 2.24) is 4.90 Å². The van der Waals surface area contributed by atoms with Gasteiger partial charge in [-0.1, -0.05) is 11.6 Å². The highest BCUT2D eigenvalue weighted by atomic mass is 35.5.